The predicted molar refractivity (Wildman–Crippen MR) is 308 cm³/mol. The molecule has 4 amide bonds. The number of benzene rings is 1. The van der Waals surface area contributed by atoms with Gasteiger partial charge in [-0.15, -0.1) is 0 Å². The maximum atomic E-state index is 13.9. The lowest BCUT2D eigenvalue weighted by atomic mass is 9.91. The van der Waals surface area contributed by atoms with Crippen LogP contribution in [0.5, 0.6) is 5.75 Å². The molecule has 0 aliphatic carbocycles. The van der Waals surface area contributed by atoms with Crippen molar-refractivity contribution in [2.75, 3.05) is 132 Å². The number of halogens is 4. The maximum absolute atomic E-state index is 13.9. The average Bonchev–Trinajstić information content (AvgIpc) is 3.28. The lowest BCUT2D eigenvalue weighted by Gasteiger charge is -2.35. The monoisotopic (exact) mass is 1250 g/mol. The number of ether oxygens (including phenoxy) is 4. The molecule has 1 saturated heterocycles. The first-order chi connectivity index (χ1) is 40.5. The number of methoxy groups -OCH3 is 1. The molecule has 0 bridgehead atoms. The van der Waals surface area contributed by atoms with Crippen molar-refractivity contribution in [3.63, 3.8) is 0 Å². The third kappa shape index (κ3) is 31.6. The van der Waals surface area contributed by atoms with Gasteiger partial charge in [-0.3, -0.25) is 62.8 Å². The first kappa shape index (κ1) is 77.0. The minimum atomic E-state index is -1.85. The van der Waals surface area contributed by atoms with Gasteiger partial charge in [-0.1, -0.05) is 41.5 Å². The van der Waals surface area contributed by atoms with Crippen LogP contribution in [0.2, 0.25) is 0 Å². The van der Waals surface area contributed by atoms with Gasteiger partial charge in [-0.2, -0.15) is 8.78 Å². The van der Waals surface area contributed by atoms with Gasteiger partial charge in [0.2, 0.25) is 41.0 Å². The number of nitrogens with zero attached hydrogens (tertiary/aromatic N) is 4. The largest absolute Gasteiger partial charge is 0.480 e. The quantitative estimate of drug-likeness (QED) is 0.0154. The highest BCUT2D eigenvalue weighted by molar-refractivity contribution is 5.90. The number of carbonyl (C=O) groups is 9. The number of unbranched alkanes of at least 4 members (excludes halogenated alkanes) is 2. The highest BCUT2D eigenvalue weighted by atomic mass is 19.2. The molecule has 1 aromatic carbocycles. The Morgan fingerprint density at radius 3 is 1.51 bits per heavy atom. The smallest absolute Gasteiger partial charge is 0.320 e. The standard InChI is InChI=1S/C58H94F4N8O17/c1-55(2,32-64-44(72)18-17-42(53(81)82)70-26-24-68(30-46(75)76)22-20-67(29-45(73)74)21-23-69(25-27-70)31-47(77)78)35-85-36-56(3,4)33-65-52(80)41(66-54(83)58(7,8)38-86-37-57(5,6)34-84-9)14-12-13-19-63-43(71)15-10-11-16-48(79)87-51-49(61)39(59)28-40(60)50(51)62/h28,41-42H,10-27,29-38H2,1-9H3,(H,63,71)(H,64,72)(H,65,80)(H,66,83)(H,73,74)(H,75,76)(H,77,78)(H,81,82)/t41-,42?/m1/s1. The van der Waals surface area contributed by atoms with E-state index in [2.05, 4.69) is 26.0 Å². The molecule has 8 N–H and O–H groups in total. The van der Waals surface area contributed by atoms with Crippen LogP contribution in [0, 0.1) is 44.9 Å². The van der Waals surface area contributed by atoms with E-state index in [0.29, 0.717) is 26.1 Å². The Hall–Kier alpha value is -6.11. The van der Waals surface area contributed by atoms with Crippen molar-refractivity contribution in [1.29, 1.82) is 0 Å². The zero-order valence-corrected chi connectivity index (χ0v) is 51.9. The van der Waals surface area contributed by atoms with E-state index >= 15 is 0 Å². The Morgan fingerprint density at radius 2 is 1.01 bits per heavy atom. The summed E-state index contributed by atoms with van der Waals surface area (Å²) in [4.78, 5) is 120. The summed E-state index contributed by atoms with van der Waals surface area (Å²) in [5.74, 6) is -16.1. The fourth-order valence-electron chi connectivity index (χ4n) is 9.08. The van der Waals surface area contributed by atoms with Crippen LogP contribution in [0.25, 0.3) is 0 Å². The number of carbonyl (C=O) groups excluding carboxylic acids is 5. The first-order valence-electron chi connectivity index (χ1n) is 29.2. The molecule has 1 heterocycles. The normalized spacial score (nSPS) is 15.5. The molecular weight excluding hydrogens is 1160 g/mol. The van der Waals surface area contributed by atoms with Gasteiger partial charge in [-0.05, 0) is 52.4 Å². The molecule has 2 atom stereocenters. The topological polar surface area (TPSA) is 333 Å². The molecule has 1 unspecified atom stereocenters. The van der Waals surface area contributed by atoms with Crippen LogP contribution in [-0.4, -0.2) is 237 Å². The van der Waals surface area contributed by atoms with Gasteiger partial charge in [0.05, 0.1) is 58.1 Å². The number of hydrogen-bond donors (Lipinski definition) is 8. The van der Waals surface area contributed by atoms with Gasteiger partial charge in [0.25, 0.3) is 0 Å². The number of rotatable bonds is 39. The minimum absolute atomic E-state index is 0.0165. The second-order valence-electron chi connectivity index (χ2n) is 25.1. The van der Waals surface area contributed by atoms with Gasteiger partial charge >= 0.3 is 29.8 Å². The Labute approximate surface area is 506 Å². The van der Waals surface area contributed by atoms with Crippen molar-refractivity contribution in [3.8, 4) is 5.75 Å². The van der Waals surface area contributed by atoms with Crippen molar-refractivity contribution >= 4 is 53.5 Å². The van der Waals surface area contributed by atoms with E-state index in [0.717, 1.165) is 0 Å². The Kier molecular flexibility index (Phi) is 33.3. The lowest BCUT2D eigenvalue weighted by molar-refractivity contribution is -0.145. The molecule has 496 valence electrons. The van der Waals surface area contributed by atoms with Gasteiger partial charge in [0.15, 0.2) is 11.6 Å². The molecular formula is C58H94F4N8O17. The number of nitrogens with one attached hydrogen (secondary N) is 4. The van der Waals surface area contributed by atoms with Crippen LogP contribution >= 0.6 is 0 Å². The molecule has 0 spiro atoms. The molecule has 1 aliphatic heterocycles. The Bertz CT molecular complexity index is 2380. The second-order valence-corrected chi connectivity index (χ2v) is 25.1. The second kappa shape index (κ2) is 37.7. The summed E-state index contributed by atoms with van der Waals surface area (Å²) in [5.41, 5.74) is -2.64. The van der Waals surface area contributed by atoms with E-state index in [4.69, 9.17) is 14.2 Å². The SMILES string of the molecule is COCC(C)(C)COCC(C)(C)C(=O)N[C@H](CCCCNC(=O)CCCCC(=O)Oc1c(F)c(F)cc(F)c1F)C(=O)NCC(C)(C)COCC(C)(C)CNC(=O)CCC(C(=O)O)N1CCN(CC(=O)O)CCN(CC(=O)O)CCN(CC(=O)O)CC1. The van der Waals surface area contributed by atoms with Crippen LogP contribution < -0.4 is 26.0 Å². The molecule has 0 saturated carbocycles. The van der Waals surface area contributed by atoms with Gasteiger partial charge in [0, 0.05) is 121 Å². The van der Waals surface area contributed by atoms with Crippen LogP contribution in [0.1, 0.15) is 113 Å². The summed E-state index contributed by atoms with van der Waals surface area (Å²) in [6.45, 7) is 16.2. The summed E-state index contributed by atoms with van der Waals surface area (Å²) in [7, 11) is 1.58. The number of carboxylic acid groups (broad SMARTS) is 4. The fourth-order valence-corrected chi connectivity index (χ4v) is 9.08. The lowest BCUT2D eigenvalue weighted by Crippen LogP contribution is -2.52. The third-order valence-electron chi connectivity index (χ3n) is 14.1. The van der Waals surface area contributed by atoms with Crippen molar-refractivity contribution in [2.45, 2.75) is 125 Å². The molecule has 1 aliphatic rings. The van der Waals surface area contributed by atoms with Crippen LogP contribution in [0.4, 0.5) is 17.6 Å². The van der Waals surface area contributed by atoms with Crippen LogP contribution in [0.15, 0.2) is 6.07 Å². The zero-order valence-electron chi connectivity index (χ0n) is 51.9. The van der Waals surface area contributed by atoms with E-state index < -0.39 is 111 Å². The van der Waals surface area contributed by atoms with Gasteiger partial charge < -0.3 is 60.6 Å². The number of carboxylic acids is 4. The van der Waals surface area contributed by atoms with E-state index in [1.165, 1.54) is 0 Å². The van der Waals surface area contributed by atoms with Crippen molar-refractivity contribution in [1.82, 2.24) is 40.9 Å². The third-order valence-corrected chi connectivity index (χ3v) is 14.1. The van der Waals surface area contributed by atoms with Crippen molar-refractivity contribution in [2.24, 2.45) is 21.7 Å². The molecule has 29 heteroatoms. The molecule has 87 heavy (non-hydrogen) atoms. The minimum Gasteiger partial charge on any atom is -0.480 e. The molecule has 25 nitrogen and oxygen atoms in total. The summed E-state index contributed by atoms with van der Waals surface area (Å²) in [6.07, 6.45) is 0.483. The maximum Gasteiger partial charge on any atom is 0.320 e. The fraction of sp³-hybridized carbons (Fsp3) is 0.741. The predicted octanol–water partition coefficient (Wildman–Crippen LogP) is 3.21. The molecule has 0 radical (unpaired) electrons. The van der Waals surface area contributed by atoms with E-state index in [1.54, 1.807) is 40.6 Å². The van der Waals surface area contributed by atoms with Crippen molar-refractivity contribution in [3.05, 3.63) is 29.3 Å². The molecule has 1 aromatic rings. The number of hydrogen-bond acceptors (Lipinski definition) is 17. The zero-order chi connectivity index (χ0) is 65.7. The van der Waals surface area contributed by atoms with E-state index in [1.807, 2.05) is 41.5 Å². The van der Waals surface area contributed by atoms with Gasteiger partial charge in [-0.25, -0.2) is 8.78 Å². The number of esters is 1. The molecule has 2 rings (SSSR count). The Morgan fingerprint density at radius 1 is 0.552 bits per heavy atom. The summed E-state index contributed by atoms with van der Waals surface area (Å²) < 4.78 is 76.6. The highest BCUT2D eigenvalue weighted by Crippen LogP contribution is 2.28. The molecule has 0 aromatic heterocycles. The average molecular weight is 1250 g/mol. The van der Waals surface area contributed by atoms with Gasteiger partial charge in [0.1, 0.15) is 12.1 Å². The Balaban J connectivity index is 2.00. The van der Waals surface area contributed by atoms with E-state index in [9.17, 15) is 81.1 Å². The summed E-state index contributed by atoms with van der Waals surface area (Å²) in [5, 5.41) is 50.4. The molecule has 1 fully saturated rings. The van der Waals surface area contributed by atoms with Crippen molar-refractivity contribution < 1.29 is 100 Å². The number of aliphatic carboxylic acids is 4. The van der Waals surface area contributed by atoms with E-state index in [-0.39, 0.29) is 167 Å². The van der Waals surface area contributed by atoms with Crippen LogP contribution in [0.3, 0.4) is 0 Å². The first-order valence-corrected chi connectivity index (χ1v) is 29.2. The summed E-state index contributed by atoms with van der Waals surface area (Å²) in [6, 6.07) is -2.20. The highest BCUT2D eigenvalue weighted by Gasteiger charge is 2.35. The number of amides is 4. The van der Waals surface area contributed by atoms with Crippen LogP contribution in [-0.2, 0) is 57.4 Å². The summed E-state index contributed by atoms with van der Waals surface area (Å²) >= 11 is 0.